The molecule has 0 heterocycles. The van der Waals surface area contributed by atoms with Gasteiger partial charge in [-0.05, 0) is 69.6 Å². The van der Waals surface area contributed by atoms with Crippen LogP contribution < -0.4 is 5.11 Å². The number of benzene rings is 2. The van der Waals surface area contributed by atoms with Gasteiger partial charge >= 0.3 is 5.97 Å². The lowest BCUT2D eigenvalue weighted by atomic mass is 10.1. The van der Waals surface area contributed by atoms with Gasteiger partial charge in [-0.2, -0.15) is 0 Å². The first-order valence-electron chi connectivity index (χ1n) is 19.5. The van der Waals surface area contributed by atoms with Gasteiger partial charge < -0.3 is 19.5 Å². The summed E-state index contributed by atoms with van der Waals surface area (Å²) in [5.41, 5.74) is 0.188. The molecule has 0 saturated heterocycles. The molecule has 2 aromatic rings. The minimum atomic E-state index is -1.28. The van der Waals surface area contributed by atoms with E-state index < -0.39 is 11.9 Å². The summed E-state index contributed by atoms with van der Waals surface area (Å²) in [5.74, 6) is -2.33. The highest BCUT2D eigenvalue weighted by atomic mass is 32.2. The number of carbonyl (C=O) groups is 2. The molecule has 0 unspecified atom stereocenters. The fourth-order valence-corrected chi connectivity index (χ4v) is 7.51. The van der Waals surface area contributed by atoms with E-state index in [4.69, 9.17) is 5.11 Å². The number of rotatable bonds is 28. The van der Waals surface area contributed by atoms with E-state index in [9.17, 15) is 14.7 Å². The maximum absolute atomic E-state index is 11.1. The summed E-state index contributed by atoms with van der Waals surface area (Å²) < 4.78 is 1.47. The van der Waals surface area contributed by atoms with E-state index in [0.29, 0.717) is 9.79 Å². The van der Waals surface area contributed by atoms with Crippen molar-refractivity contribution in [1.29, 1.82) is 0 Å². The third kappa shape index (κ3) is 19.6. The Morgan fingerprint density at radius 1 is 0.521 bits per heavy atom. The number of aromatic carboxylic acids is 2. The summed E-state index contributed by atoms with van der Waals surface area (Å²) in [6, 6.07) is 12.8. The molecule has 0 spiro atoms. The van der Waals surface area contributed by atoms with Crippen LogP contribution in [0.4, 0.5) is 0 Å². The van der Waals surface area contributed by atoms with Crippen LogP contribution in [0.25, 0.3) is 0 Å². The number of carbonyl (C=O) groups excluding carboxylic acids is 1. The molecule has 6 heteroatoms. The molecular weight excluding hydrogens is 615 g/mol. The molecule has 0 aliphatic rings. The zero-order chi connectivity index (χ0) is 35.3. The molecule has 5 nitrogen and oxygen atoms in total. The maximum atomic E-state index is 11.1. The molecule has 0 aliphatic heterocycles. The molecule has 2 aromatic carbocycles. The lowest BCUT2D eigenvalue weighted by Gasteiger charge is -2.39. The number of quaternary nitrogens is 1. The Morgan fingerprint density at radius 2 is 0.833 bits per heavy atom. The Balaban J connectivity index is 0.000000519. The standard InChI is InChI=1S/C28H60N.C14H10O4S/c1-5-9-13-17-21-25-29(26-22-18-14-10-6-2,27-23-19-15-11-7-3)28-24-20-16-12-8-4;15-13(16)9-5-1-3-7-11(9)19-12-8-4-2-6-10(12)14(17)18/h5-28H2,1-4H3;1-8H,(H,15,16)(H,17,18)/q+1;/p-1. The molecule has 0 atom stereocenters. The molecule has 1 N–H and O–H groups in total. The van der Waals surface area contributed by atoms with Crippen LogP contribution in [-0.4, -0.2) is 47.7 Å². The topological polar surface area (TPSA) is 77.4 Å². The quantitative estimate of drug-likeness (QED) is 0.0713. The monoisotopic (exact) mass is 683 g/mol. The second kappa shape index (κ2) is 28.5. The summed E-state index contributed by atoms with van der Waals surface area (Å²) in [4.78, 5) is 23.0. The molecule has 2 rings (SSSR count). The van der Waals surface area contributed by atoms with Gasteiger partial charge in [0.2, 0.25) is 0 Å². The van der Waals surface area contributed by atoms with E-state index in [0.717, 1.165) is 11.8 Å². The van der Waals surface area contributed by atoms with Gasteiger partial charge in [0.05, 0.1) is 37.7 Å². The first-order valence-corrected chi connectivity index (χ1v) is 20.3. The first kappa shape index (κ1) is 43.7. The van der Waals surface area contributed by atoms with E-state index in [2.05, 4.69) is 27.7 Å². The lowest BCUT2D eigenvalue weighted by molar-refractivity contribution is -0.929. The van der Waals surface area contributed by atoms with Crippen molar-refractivity contribution in [1.82, 2.24) is 0 Å². The van der Waals surface area contributed by atoms with E-state index in [-0.39, 0.29) is 11.1 Å². The number of carboxylic acid groups (broad SMARTS) is 2. The third-order valence-corrected chi connectivity index (χ3v) is 10.5. The van der Waals surface area contributed by atoms with E-state index >= 15 is 0 Å². The van der Waals surface area contributed by atoms with Crippen LogP contribution in [0.15, 0.2) is 58.3 Å². The highest BCUT2D eigenvalue weighted by Gasteiger charge is 2.25. The largest absolute Gasteiger partial charge is 0.545 e. The average Bonchev–Trinajstić information content (AvgIpc) is 3.08. The molecule has 272 valence electrons. The molecule has 48 heavy (non-hydrogen) atoms. The van der Waals surface area contributed by atoms with Gasteiger partial charge in [0.15, 0.2) is 0 Å². The predicted octanol–water partition coefficient (Wildman–Crippen LogP) is 11.6. The number of hydrogen-bond acceptors (Lipinski definition) is 4. The Bertz CT molecular complexity index is 988. The number of nitrogens with zero attached hydrogens (tertiary/aromatic N) is 1. The highest BCUT2D eigenvalue weighted by molar-refractivity contribution is 7.99. The van der Waals surface area contributed by atoms with Gasteiger partial charge in [0, 0.05) is 15.4 Å². The maximum Gasteiger partial charge on any atom is 0.336 e. The van der Waals surface area contributed by atoms with Crippen LogP contribution in [0.1, 0.15) is 177 Å². The zero-order valence-electron chi connectivity index (χ0n) is 31.1. The van der Waals surface area contributed by atoms with Crippen molar-refractivity contribution in [2.45, 2.75) is 166 Å². The van der Waals surface area contributed by atoms with Gasteiger partial charge in [-0.3, -0.25) is 0 Å². The van der Waals surface area contributed by atoms with Gasteiger partial charge in [0.25, 0.3) is 0 Å². The second-order valence-corrected chi connectivity index (χ2v) is 14.7. The summed E-state index contributed by atoms with van der Waals surface area (Å²) >= 11 is 1.10. The Hall–Kier alpha value is -2.31. The molecule has 0 fully saturated rings. The molecule has 0 saturated carbocycles. The zero-order valence-corrected chi connectivity index (χ0v) is 31.9. The van der Waals surface area contributed by atoms with Gasteiger partial charge in [0.1, 0.15) is 0 Å². The fourth-order valence-electron chi connectivity index (χ4n) is 6.45. The van der Waals surface area contributed by atoms with Crippen molar-refractivity contribution in [2.24, 2.45) is 0 Å². The van der Waals surface area contributed by atoms with Crippen LogP contribution in [0.2, 0.25) is 0 Å². The molecule has 0 aromatic heterocycles. The summed E-state index contributed by atoms with van der Waals surface area (Å²) in [5, 5.41) is 20.1. The molecule has 0 bridgehead atoms. The van der Waals surface area contributed by atoms with Crippen LogP contribution in [0.5, 0.6) is 0 Å². The predicted molar refractivity (Wildman–Crippen MR) is 203 cm³/mol. The highest BCUT2D eigenvalue weighted by Crippen LogP contribution is 2.32. The van der Waals surface area contributed by atoms with Crippen LogP contribution >= 0.6 is 11.8 Å². The number of hydrogen-bond donors (Lipinski definition) is 1. The smallest absolute Gasteiger partial charge is 0.336 e. The number of carboxylic acids is 2. The van der Waals surface area contributed by atoms with E-state index in [1.807, 2.05) is 0 Å². The van der Waals surface area contributed by atoms with Crippen LogP contribution in [-0.2, 0) is 0 Å². The van der Waals surface area contributed by atoms with Crippen molar-refractivity contribution >= 4 is 23.7 Å². The van der Waals surface area contributed by atoms with Crippen molar-refractivity contribution in [3.63, 3.8) is 0 Å². The van der Waals surface area contributed by atoms with Crippen LogP contribution in [0.3, 0.4) is 0 Å². The molecule has 0 radical (unpaired) electrons. The van der Waals surface area contributed by atoms with Gasteiger partial charge in [-0.25, -0.2) is 4.79 Å². The average molecular weight is 684 g/mol. The summed E-state index contributed by atoms with van der Waals surface area (Å²) in [6.45, 7) is 15.2. The van der Waals surface area contributed by atoms with Crippen molar-refractivity contribution in [3.05, 3.63) is 59.7 Å². The van der Waals surface area contributed by atoms with Crippen molar-refractivity contribution in [2.75, 3.05) is 26.2 Å². The Morgan fingerprint density at radius 3 is 1.17 bits per heavy atom. The third-order valence-electron chi connectivity index (χ3n) is 9.39. The molecule has 0 aliphatic carbocycles. The van der Waals surface area contributed by atoms with E-state index in [1.165, 1.54) is 171 Å². The minimum absolute atomic E-state index is 0.0488. The number of unbranched alkanes of at least 4 members (excludes halogenated alkanes) is 16. The van der Waals surface area contributed by atoms with E-state index in [1.54, 1.807) is 36.4 Å². The van der Waals surface area contributed by atoms with Crippen LogP contribution in [0, 0.1) is 0 Å². The Kier molecular flexibility index (Phi) is 26.0. The summed E-state index contributed by atoms with van der Waals surface area (Å²) in [6.07, 6.45) is 28.8. The minimum Gasteiger partial charge on any atom is -0.545 e. The normalized spacial score (nSPS) is 11.2. The lowest BCUT2D eigenvalue weighted by Crippen LogP contribution is -2.50. The van der Waals surface area contributed by atoms with Crippen molar-refractivity contribution in [3.8, 4) is 0 Å². The molecular formula is C42H69NO4S. The van der Waals surface area contributed by atoms with Crippen molar-refractivity contribution < 1.29 is 24.3 Å². The first-order chi connectivity index (χ1) is 23.3. The molecule has 0 amide bonds. The Labute approximate surface area is 298 Å². The fraction of sp³-hybridized carbons (Fsp3) is 0.667. The van der Waals surface area contributed by atoms with Gasteiger partial charge in [-0.1, -0.05) is 147 Å². The second-order valence-electron chi connectivity index (χ2n) is 13.6. The SMILES string of the molecule is CCCCCCC[N+](CCCCCCC)(CCCCCCC)CCCCCCC.O=C([O-])c1ccccc1Sc1ccccc1C(=O)O. The summed E-state index contributed by atoms with van der Waals surface area (Å²) in [7, 11) is 0. The van der Waals surface area contributed by atoms with Gasteiger partial charge in [-0.15, -0.1) is 0 Å².